The minimum absolute atomic E-state index is 0.0167. The monoisotopic (exact) mass is 230 g/mol. The molecule has 0 heterocycles. The summed E-state index contributed by atoms with van der Waals surface area (Å²) >= 11 is 0. The molecule has 0 aliphatic carbocycles. The second kappa shape index (κ2) is 8.84. The Morgan fingerprint density at radius 2 is 2.12 bits per heavy atom. The fraction of sp³-hybridized carbons (Fsp3) is 0.700. The number of likely N-dealkylation sites (N-methyl/N-ethyl adjacent to an activating group) is 1. The summed E-state index contributed by atoms with van der Waals surface area (Å²) in [5.41, 5.74) is 0. The van der Waals surface area contributed by atoms with Gasteiger partial charge in [0.25, 0.3) is 0 Å². The molecule has 0 aliphatic heterocycles. The fourth-order valence-corrected chi connectivity index (χ4v) is 1.04. The van der Waals surface area contributed by atoms with E-state index < -0.39 is 0 Å². The van der Waals surface area contributed by atoms with E-state index in [-0.39, 0.29) is 31.3 Å². The Labute approximate surface area is 94.9 Å². The van der Waals surface area contributed by atoms with Crippen LogP contribution in [-0.2, 0) is 19.1 Å². The van der Waals surface area contributed by atoms with Gasteiger partial charge in [-0.2, -0.15) is 0 Å². The van der Waals surface area contributed by atoms with Crippen molar-refractivity contribution in [1.29, 1.82) is 0 Å². The Balaban J connectivity index is 3.63. The molecule has 0 aromatic heterocycles. The molecule has 0 aliphatic rings. The topological polar surface area (TPSA) is 75.7 Å². The van der Waals surface area contributed by atoms with Crippen molar-refractivity contribution in [2.24, 2.45) is 0 Å². The van der Waals surface area contributed by atoms with E-state index in [9.17, 15) is 14.4 Å². The van der Waals surface area contributed by atoms with Gasteiger partial charge in [0.15, 0.2) is 0 Å². The predicted octanol–water partition coefficient (Wildman–Crippen LogP) is -0.813. The van der Waals surface area contributed by atoms with Gasteiger partial charge in [0.1, 0.15) is 12.9 Å². The summed E-state index contributed by atoms with van der Waals surface area (Å²) < 4.78 is 4.63. The molecule has 0 saturated heterocycles. The van der Waals surface area contributed by atoms with E-state index >= 15 is 0 Å². The summed E-state index contributed by atoms with van der Waals surface area (Å²) in [6, 6.07) is 0. The molecule has 0 aromatic carbocycles. The highest BCUT2D eigenvalue weighted by Gasteiger charge is 2.08. The maximum absolute atomic E-state index is 11.3. The first-order chi connectivity index (χ1) is 7.61. The molecule has 0 saturated carbocycles. The van der Waals surface area contributed by atoms with Crippen LogP contribution in [0.2, 0.25) is 0 Å². The minimum atomic E-state index is -0.212. The van der Waals surface area contributed by atoms with Crippen molar-refractivity contribution >= 4 is 18.1 Å². The van der Waals surface area contributed by atoms with Crippen molar-refractivity contribution in [3.8, 4) is 0 Å². The fourth-order valence-electron chi connectivity index (χ4n) is 1.04. The van der Waals surface area contributed by atoms with Crippen LogP contribution >= 0.6 is 0 Å². The molecule has 0 unspecified atom stereocenters. The van der Waals surface area contributed by atoms with Gasteiger partial charge in [-0.05, 0) is 0 Å². The first-order valence-corrected chi connectivity index (χ1v) is 5.05. The second-order valence-electron chi connectivity index (χ2n) is 3.30. The third-order valence-electron chi connectivity index (χ3n) is 1.95. The summed E-state index contributed by atoms with van der Waals surface area (Å²) in [4.78, 5) is 33.9. The van der Waals surface area contributed by atoms with Gasteiger partial charge in [-0.25, -0.2) is 0 Å². The van der Waals surface area contributed by atoms with Gasteiger partial charge in [0, 0.05) is 40.1 Å². The first-order valence-electron chi connectivity index (χ1n) is 5.05. The van der Waals surface area contributed by atoms with Gasteiger partial charge < -0.3 is 19.7 Å². The molecular weight excluding hydrogens is 212 g/mol. The molecule has 0 fully saturated rings. The van der Waals surface area contributed by atoms with Gasteiger partial charge in [0.2, 0.25) is 11.8 Å². The molecule has 1 N–H and O–H groups in total. The third kappa shape index (κ3) is 6.94. The zero-order valence-electron chi connectivity index (χ0n) is 9.69. The minimum Gasteiger partial charge on any atom is -0.375 e. The smallest absolute Gasteiger partial charge is 0.246 e. The predicted molar refractivity (Wildman–Crippen MR) is 57.8 cm³/mol. The van der Waals surface area contributed by atoms with Crippen LogP contribution in [0.3, 0.4) is 0 Å². The molecule has 6 heteroatoms. The number of carbonyl (C=O) groups excluding carboxylic acids is 3. The van der Waals surface area contributed by atoms with Crippen LogP contribution in [0.15, 0.2) is 0 Å². The zero-order valence-corrected chi connectivity index (χ0v) is 9.69. The largest absolute Gasteiger partial charge is 0.375 e. The van der Waals surface area contributed by atoms with Crippen molar-refractivity contribution < 1.29 is 19.1 Å². The molecule has 0 spiro atoms. The Bertz CT molecular complexity index is 243. The number of ether oxygens (including phenoxy) is 1. The van der Waals surface area contributed by atoms with Gasteiger partial charge in [-0.1, -0.05) is 0 Å². The SMILES string of the molecule is COCC(=O)NCCN(C)C(=O)CCC=O. The van der Waals surface area contributed by atoms with Gasteiger partial charge in [0.05, 0.1) is 0 Å². The number of hydrogen-bond donors (Lipinski definition) is 1. The second-order valence-corrected chi connectivity index (χ2v) is 3.30. The molecule has 0 bridgehead atoms. The van der Waals surface area contributed by atoms with Gasteiger partial charge in [-0.15, -0.1) is 0 Å². The van der Waals surface area contributed by atoms with E-state index in [1.165, 1.54) is 12.0 Å². The molecule has 92 valence electrons. The standard InChI is InChI=1S/C10H18N2O4/c1-12(10(15)4-3-7-13)6-5-11-9(14)8-16-2/h7H,3-6,8H2,1-2H3,(H,11,14). The van der Waals surface area contributed by atoms with E-state index in [1.807, 2.05) is 0 Å². The molecule has 0 aromatic rings. The quantitative estimate of drug-likeness (QED) is 0.553. The Morgan fingerprint density at radius 3 is 2.69 bits per heavy atom. The van der Waals surface area contributed by atoms with Crippen LogP contribution in [0, 0.1) is 0 Å². The summed E-state index contributed by atoms with van der Waals surface area (Å²) in [6.07, 6.45) is 1.16. The summed E-state index contributed by atoms with van der Waals surface area (Å²) in [6.45, 7) is 0.821. The highest BCUT2D eigenvalue weighted by atomic mass is 16.5. The first kappa shape index (κ1) is 14.6. The third-order valence-corrected chi connectivity index (χ3v) is 1.95. The molecule has 0 rings (SSSR count). The summed E-state index contributed by atoms with van der Waals surface area (Å²) in [7, 11) is 3.07. The number of hydrogen-bond acceptors (Lipinski definition) is 4. The van der Waals surface area contributed by atoms with Crippen LogP contribution in [0.25, 0.3) is 0 Å². The summed E-state index contributed by atoms with van der Waals surface area (Å²) in [5.74, 6) is -0.315. The average Bonchev–Trinajstić information content (AvgIpc) is 2.26. The van der Waals surface area contributed by atoms with Crippen LogP contribution < -0.4 is 5.32 Å². The Morgan fingerprint density at radius 1 is 1.44 bits per heavy atom. The molecule has 2 amide bonds. The maximum atomic E-state index is 11.3. The average molecular weight is 230 g/mol. The summed E-state index contributed by atoms with van der Waals surface area (Å²) in [5, 5.41) is 2.60. The van der Waals surface area contributed by atoms with Gasteiger partial charge >= 0.3 is 0 Å². The van der Waals surface area contributed by atoms with Crippen molar-refractivity contribution in [2.45, 2.75) is 12.8 Å². The highest BCUT2D eigenvalue weighted by molar-refractivity contribution is 5.78. The van der Waals surface area contributed by atoms with Crippen LogP contribution in [-0.4, -0.2) is 56.9 Å². The van der Waals surface area contributed by atoms with E-state index in [1.54, 1.807) is 7.05 Å². The molecule has 16 heavy (non-hydrogen) atoms. The normalized spacial score (nSPS) is 9.62. The Kier molecular flexibility index (Phi) is 8.05. The van der Waals surface area contributed by atoms with Crippen molar-refractivity contribution in [2.75, 3.05) is 33.9 Å². The van der Waals surface area contributed by atoms with E-state index in [4.69, 9.17) is 0 Å². The molecule has 0 radical (unpaired) electrons. The van der Waals surface area contributed by atoms with Crippen LogP contribution in [0.4, 0.5) is 0 Å². The van der Waals surface area contributed by atoms with E-state index in [0.717, 1.165) is 0 Å². The highest BCUT2D eigenvalue weighted by Crippen LogP contribution is 1.92. The maximum Gasteiger partial charge on any atom is 0.246 e. The number of methoxy groups -OCH3 is 1. The lowest BCUT2D eigenvalue weighted by atomic mass is 10.3. The number of rotatable bonds is 8. The number of amides is 2. The van der Waals surface area contributed by atoms with E-state index in [0.29, 0.717) is 19.4 Å². The number of aldehydes is 1. The van der Waals surface area contributed by atoms with Gasteiger partial charge in [-0.3, -0.25) is 9.59 Å². The molecule has 6 nitrogen and oxygen atoms in total. The zero-order chi connectivity index (χ0) is 12.4. The molecule has 0 atom stereocenters. The van der Waals surface area contributed by atoms with Crippen molar-refractivity contribution in [3.05, 3.63) is 0 Å². The van der Waals surface area contributed by atoms with E-state index in [2.05, 4.69) is 10.1 Å². The Hall–Kier alpha value is -1.43. The number of nitrogens with one attached hydrogen (secondary N) is 1. The number of carbonyl (C=O) groups is 3. The van der Waals surface area contributed by atoms with Crippen molar-refractivity contribution in [1.82, 2.24) is 10.2 Å². The van der Waals surface area contributed by atoms with Crippen LogP contribution in [0.1, 0.15) is 12.8 Å². The molecular formula is C10H18N2O4. The lowest BCUT2D eigenvalue weighted by molar-refractivity contribution is -0.131. The lowest BCUT2D eigenvalue weighted by Gasteiger charge is -2.16. The van der Waals surface area contributed by atoms with Crippen LogP contribution in [0.5, 0.6) is 0 Å². The lowest BCUT2D eigenvalue weighted by Crippen LogP contribution is -2.37. The van der Waals surface area contributed by atoms with Crippen molar-refractivity contribution in [3.63, 3.8) is 0 Å². The number of nitrogens with zero attached hydrogens (tertiary/aromatic N) is 1.